The fourth-order valence-electron chi connectivity index (χ4n) is 0.240. The van der Waals surface area contributed by atoms with E-state index in [1.807, 2.05) is 20.8 Å². The molecule has 0 heterocycles. The standard InChI is InChI=1S/C6H14O2SSi/c1-4(2)7-8-6(9)5(3)10/h4-5H,1-3,10H3. The van der Waals surface area contributed by atoms with Crippen LogP contribution in [-0.2, 0) is 9.78 Å². The van der Waals surface area contributed by atoms with Crippen molar-refractivity contribution in [3.8, 4) is 0 Å². The molecule has 60 valence electrons. The lowest BCUT2D eigenvalue weighted by molar-refractivity contribution is -0.248. The number of thiocarbonyl (C=S) groups is 1. The van der Waals surface area contributed by atoms with Gasteiger partial charge in [0.1, 0.15) is 0 Å². The van der Waals surface area contributed by atoms with Gasteiger partial charge in [-0.1, -0.05) is 6.92 Å². The third-order valence-electron chi connectivity index (χ3n) is 0.794. The van der Waals surface area contributed by atoms with Crippen LogP contribution in [0.25, 0.3) is 0 Å². The summed E-state index contributed by atoms with van der Waals surface area (Å²) in [6.45, 7) is 5.83. The first kappa shape index (κ1) is 10.1. The van der Waals surface area contributed by atoms with Gasteiger partial charge in [-0.3, -0.25) is 0 Å². The van der Waals surface area contributed by atoms with E-state index in [0.29, 0.717) is 10.6 Å². The Bertz CT molecular complexity index is 114. The number of hydrogen-bond acceptors (Lipinski definition) is 3. The van der Waals surface area contributed by atoms with E-state index < -0.39 is 0 Å². The van der Waals surface area contributed by atoms with E-state index in [-0.39, 0.29) is 6.10 Å². The van der Waals surface area contributed by atoms with E-state index in [0.717, 1.165) is 10.2 Å². The summed E-state index contributed by atoms with van der Waals surface area (Å²) in [5, 5.41) is 0.570. The van der Waals surface area contributed by atoms with Gasteiger partial charge in [0.05, 0.1) is 6.10 Å². The van der Waals surface area contributed by atoms with Gasteiger partial charge in [-0.25, -0.2) is 0 Å². The van der Waals surface area contributed by atoms with Crippen LogP contribution in [0.2, 0.25) is 5.54 Å². The summed E-state index contributed by atoms with van der Waals surface area (Å²) in [5.41, 5.74) is 0.383. The zero-order valence-corrected chi connectivity index (χ0v) is 9.70. The zero-order valence-electron chi connectivity index (χ0n) is 6.88. The molecule has 0 aliphatic heterocycles. The fraction of sp³-hybridized carbons (Fsp3) is 0.833. The summed E-state index contributed by atoms with van der Waals surface area (Å²) in [5.74, 6) is 0. The summed E-state index contributed by atoms with van der Waals surface area (Å²) in [7, 11) is 1.02. The van der Waals surface area contributed by atoms with Gasteiger partial charge in [0.2, 0.25) is 5.05 Å². The highest BCUT2D eigenvalue weighted by molar-refractivity contribution is 7.80. The van der Waals surface area contributed by atoms with Crippen molar-refractivity contribution in [3.05, 3.63) is 0 Å². The van der Waals surface area contributed by atoms with Crippen LogP contribution in [0.1, 0.15) is 20.8 Å². The average molecular weight is 178 g/mol. The Hall–Kier alpha value is 0.0669. The maximum Gasteiger partial charge on any atom is 0.204 e. The Morgan fingerprint density at radius 3 is 2.20 bits per heavy atom. The van der Waals surface area contributed by atoms with Gasteiger partial charge in [0.25, 0.3) is 0 Å². The summed E-state index contributed by atoms with van der Waals surface area (Å²) < 4.78 is 0. The van der Waals surface area contributed by atoms with Crippen LogP contribution >= 0.6 is 12.2 Å². The molecule has 0 saturated carbocycles. The minimum atomic E-state index is 0.0818. The molecular weight excluding hydrogens is 164 g/mol. The molecule has 0 aliphatic carbocycles. The van der Waals surface area contributed by atoms with Crippen molar-refractivity contribution in [2.24, 2.45) is 0 Å². The van der Waals surface area contributed by atoms with Crippen LogP contribution in [0, 0.1) is 0 Å². The Balaban J connectivity index is 3.40. The summed E-state index contributed by atoms with van der Waals surface area (Å²) in [6, 6.07) is 0. The molecule has 1 atom stereocenters. The molecule has 10 heavy (non-hydrogen) atoms. The van der Waals surface area contributed by atoms with Gasteiger partial charge in [-0.05, 0) is 26.1 Å². The van der Waals surface area contributed by atoms with Crippen LogP contribution in [0.4, 0.5) is 0 Å². The van der Waals surface area contributed by atoms with E-state index in [4.69, 9.17) is 22.0 Å². The molecule has 1 unspecified atom stereocenters. The maximum absolute atomic E-state index is 4.88. The Labute approximate surface area is 70.3 Å². The summed E-state index contributed by atoms with van der Waals surface area (Å²) in [4.78, 5) is 9.68. The first-order chi connectivity index (χ1) is 4.54. The van der Waals surface area contributed by atoms with E-state index in [1.54, 1.807) is 0 Å². The molecule has 0 aromatic carbocycles. The smallest absolute Gasteiger partial charge is 0.204 e. The first-order valence-corrected chi connectivity index (χ1v) is 4.97. The highest BCUT2D eigenvalue weighted by Gasteiger charge is 2.05. The second kappa shape index (κ2) is 4.82. The SMILES string of the molecule is CC(C)OOC(=S)C(C)[SiH3]. The van der Waals surface area contributed by atoms with Gasteiger partial charge in [-0.2, -0.15) is 4.89 Å². The maximum atomic E-state index is 4.88. The fourth-order valence-corrected chi connectivity index (χ4v) is 0.375. The first-order valence-electron chi connectivity index (χ1n) is 3.41. The van der Waals surface area contributed by atoms with Gasteiger partial charge in [0, 0.05) is 15.8 Å². The van der Waals surface area contributed by atoms with Crippen molar-refractivity contribution < 1.29 is 9.78 Å². The van der Waals surface area contributed by atoms with Crippen molar-refractivity contribution in [3.63, 3.8) is 0 Å². The lowest BCUT2D eigenvalue weighted by atomic mass is 10.5. The van der Waals surface area contributed by atoms with Crippen LogP contribution in [0.5, 0.6) is 0 Å². The predicted octanol–water partition coefficient (Wildman–Crippen LogP) is 0.844. The minimum Gasteiger partial charge on any atom is -0.330 e. The van der Waals surface area contributed by atoms with Crippen molar-refractivity contribution in [1.29, 1.82) is 0 Å². The average Bonchev–Trinajstić information content (AvgIpc) is 1.82. The predicted molar refractivity (Wildman–Crippen MR) is 49.3 cm³/mol. The molecule has 2 nitrogen and oxygen atoms in total. The number of hydrogen-bond donors (Lipinski definition) is 0. The van der Waals surface area contributed by atoms with Crippen molar-refractivity contribution in [2.45, 2.75) is 32.4 Å². The number of rotatable bonds is 3. The topological polar surface area (TPSA) is 18.5 Å². The quantitative estimate of drug-likeness (QED) is 0.276. The second-order valence-electron chi connectivity index (χ2n) is 2.70. The molecule has 0 bridgehead atoms. The molecule has 0 N–H and O–H groups in total. The second-order valence-corrected chi connectivity index (χ2v) is 4.84. The molecule has 0 amide bonds. The molecule has 0 aromatic rings. The molecule has 0 rings (SSSR count). The van der Waals surface area contributed by atoms with Crippen molar-refractivity contribution in [1.82, 2.24) is 0 Å². The van der Waals surface area contributed by atoms with Gasteiger partial charge in [0.15, 0.2) is 0 Å². The summed E-state index contributed by atoms with van der Waals surface area (Å²) in [6.07, 6.45) is 0.0818. The van der Waals surface area contributed by atoms with Crippen molar-refractivity contribution in [2.75, 3.05) is 0 Å². The minimum absolute atomic E-state index is 0.0818. The third-order valence-corrected chi connectivity index (χ3v) is 2.28. The third kappa shape index (κ3) is 4.90. The molecule has 0 spiro atoms. The molecule has 0 fully saturated rings. The highest BCUT2D eigenvalue weighted by Crippen LogP contribution is 2.03. The van der Waals surface area contributed by atoms with E-state index >= 15 is 0 Å². The summed E-state index contributed by atoms with van der Waals surface area (Å²) >= 11 is 4.88. The Morgan fingerprint density at radius 2 is 1.90 bits per heavy atom. The van der Waals surface area contributed by atoms with Gasteiger partial charge < -0.3 is 4.89 Å². The zero-order chi connectivity index (χ0) is 8.15. The molecule has 0 saturated heterocycles. The molecule has 4 heteroatoms. The van der Waals surface area contributed by atoms with Gasteiger partial charge >= 0.3 is 0 Å². The van der Waals surface area contributed by atoms with E-state index in [1.165, 1.54) is 0 Å². The van der Waals surface area contributed by atoms with Crippen LogP contribution in [-0.4, -0.2) is 21.4 Å². The Morgan fingerprint density at radius 1 is 1.40 bits per heavy atom. The molecule has 0 aromatic heterocycles. The molecule has 0 aliphatic rings. The molecular formula is C6H14O2SSi. The normalized spacial score (nSPS) is 13.6. The van der Waals surface area contributed by atoms with Crippen LogP contribution < -0.4 is 0 Å². The highest BCUT2D eigenvalue weighted by atomic mass is 32.1. The lowest BCUT2D eigenvalue weighted by Crippen LogP contribution is -2.12. The van der Waals surface area contributed by atoms with E-state index in [9.17, 15) is 0 Å². The van der Waals surface area contributed by atoms with Crippen LogP contribution in [0.3, 0.4) is 0 Å². The van der Waals surface area contributed by atoms with E-state index in [2.05, 4.69) is 0 Å². The van der Waals surface area contributed by atoms with Crippen molar-refractivity contribution >= 4 is 27.5 Å². The van der Waals surface area contributed by atoms with Crippen LogP contribution in [0.15, 0.2) is 0 Å². The largest absolute Gasteiger partial charge is 0.330 e. The molecule has 0 radical (unpaired) electrons. The monoisotopic (exact) mass is 178 g/mol. The van der Waals surface area contributed by atoms with Gasteiger partial charge in [-0.15, -0.1) is 0 Å². The Kier molecular flexibility index (Phi) is 4.85. The lowest BCUT2D eigenvalue weighted by Gasteiger charge is -2.09.